The fourth-order valence-electron chi connectivity index (χ4n) is 3.50. The van der Waals surface area contributed by atoms with E-state index in [-0.39, 0.29) is 12.1 Å². The number of nitrogens with one attached hydrogen (secondary N) is 1. The van der Waals surface area contributed by atoms with E-state index in [0.717, 1.165) is 16.6 Å². The fraction of sp³-hybridized carbons (Fsp3) is 0.238. The molecule has 0 saturated heterocycles. The Labute approximate surface area is 162 Å². The number of allylic oxidation sites excluding steroid dienone is 1. The van der Waals surface area contributed by atoms with E-state index in [1.165, 1.54) is 0 Å². The van der Waals surface area contributed by atoms with E-state index in [4.69, 9.17) is 16.3 Å². The minimum Gasteiger partial charge on any atom is -0.459 e. The third-order valence-electron chi connectivity index (χ3n) is 4.59. The van der Waals surface area contributed by atoms with Crippen molar-refractivity contribution in [3.63, 3.8) is 0 Å². The fourth-order valence-corrected chi connectivity index (χ4v) is 3.74. The average Bonchev–Trinajstić information content (AvgIpc) is 2.98. The van der Waals surface area contributed by atoms with Crippen molar-refractivity contribution < 1.29 is 9.53 Å². The maximum atomic E-state index is 13.0. The molecule has 6 heteroatoms. The maximum absolute atomic E-state index is 13.0. The van der Waals surface area contributed by atoms with Gasteiger partial charge in [0, 0.05) is 10.7 Å². The van der Waals surface area contributed by atoms with Crippen LogP contribution in [0, 0.1) is 0 Å². The molecular weight excluding hydrogens is 362 g/mol. The number of rotatable bonds is 3. The van der Waals surface area contributed by atoms with Crippen molar-refractivity contribution in [2.24, 2.45) is 0 Å². The molecule has 1 aliphatic heterocycles. The quantitative estimate of drug-likeness (QED) is 0.653. The van der Waals surface area contributed by atoms with Gasteiger partial charge < -0.3 is 10.1 Å². The summed E-state index contributed by atoms with van der Waals surface area (Å²) in [7, 11) is 0. The summed E-state index contributed by atoms with van der Waals surface area (Å²) >= 11 is 6.54. The van der Waals surface area contributed by atoms with Crippen LogP contribution in [0.15, 0.2) is 59.8 Å². The van der Waals surface area contributed by atoms with Crippen LogP contribution in [-0.2, 0) is 9.53 Å². The Morgan fingerprint density at radius 2 is 1.89 bits per heavy atom. The Bertz CT molecular complexity index is 1070. The molecule has 1 aromatic heterocycles. The van der Waals surface area contributed by atoms with Crippen LogP contribution in [-0.4, -0.2) is 21.6 Å². The van der Waals surface area contributed by atoms with Gasteiger partial charge in [-0.2, -0.15) is 0 Å². The van der Waals surface area contributed by atoms with Gasteiger partial charge in [-0.05, 0) is 44.5 Å². The van der Waals surface area contributed by atoms with Gasteiger partial charge in [-0.25, -0.2) is 9.78 Å². The zero-order chi connectivity index (χ0) is 19.1. The predicted octanol–water partition coefficient (Wildman–Crippen LogP) is 4.93. The largest absolute Gasteiger partial charge is 0.459 e. The number of carbonyl (C=O) groups excluding carboxylic acids is 1. The second-order valence-electron chi connectivity index (χ2n) is 6.84. The molecule has 1 atom stereocenters. The number of ether oxygens (including phenoxy) is 1. The molecule has 1 N–H and O–H groups in total. The van der Waals surface area contributed by atoms with Gasteiger partial charge in [0.1, 0.15) is 0 Å². The number of anilines is 1. The Morgan fingerprint density at radius 3 is 2.63 bits per heavy atom. The van der Waals surface area contributed by atoms with Crippen molar-refractivity contribution in [3.8, 4) is 0 Å². The highest BCUT2D eigenvalue weighted by Crippen LogP contribution is 2.41. The van der Waals surface area contributed by atoms with Gasteiger partial charge in [-0.15, -0.1) is 0 Å². The van der Waals surface area contributed by atoms with Crippen LogP contribution >= 0.6 is 11.6 Å². The normalized spacial score (nSPS) is 16.4. The van der Waals surface area contributed by atoms with E-state index in [1.54, 1.807) is 0 Å². The Hall–Kier alpha value is -2.79. The summed E-state index contributed by atoms with van der Waals surface area (Å²) in [4.78, 5) is 17.7. The van der Waals surface area contributed by atoms with Gasteiger partial charge in [0.2, 0.25) is 5.95 Å². The number of imidazole rings is 1. The first-order valence-corrected chi connectivity index (χ1v) is 9.25. The summed E-state index contributed by atoms with van der Waals surface area (Å²) in [6, 6.07) is 15.0. The van der Waals surface area contributed by atoms with Crippen molar-refractivity contribution in [2.75, 3.05) is 5.32 Å². The number of carbonyl (C=O) groups is 1. The molecule has 3 aromatic rings. The zero-order valence-corrected chi connectivity index (χ0v) is 16.1. The van der Waals surface area contributed by atoms with E-state index < -0.39 is 6.04 Å². The van der Waals surface area contributed by atoms with Crippen LogP contribution in [0.5, 0.6) is 0 Å². The lowest BCUT2D eigenvalue weighted by Crippen LogP contribution is -2.30. The molecule has 0 fully saturated rings. The summed E-state index contributed by atoms with van der Waals surface area (Å²) in [5.74, 6) is 0.322. The SMILES string of the molecule is CC1=C(C(=O)OC(C)C)[C@@H](c2ccccc2Cl)n2c(nc3ccccc32)N1. The molecule has 0 radical (unpaired) electrons. The summed E-state index contributed by atoms with van der Waals surface area (Å²) in [5.41, 5.74) is 3.86. The molecule has 0 spiro atoms. The molecule has 138 valence electrons. The van der Waals surface area contributed by atoms with Crippen molar-refractivity contribution in [1.29, 1.82) is 0 Å². The lowest BCUT2D eigenvalue weighted by Gasteiger charge is -2.31. The molecule has 0 unspecified atom stereocenters. The van der Waals surface area contributed by atoms with Gasteiger partial charge >= 0.3 is 5.97 Å². The van der Waals surface area contributed by atoms with Gasteiger partial charge in [-0.1, -0.05) is 41.9 Å². The second kappa shape index (κ2) is 6.74. The number of para-hydroxylation sites is 2. The van der Waals surface area contributed by atoms with Crippen LogP contribution in [0.3, 0.4) is 0 Å². The van der Waals surface area contributed by atoms with Gasteiger partial charge in [0.05, 0.1) is 28.8 Å². The van der Waals surface area contributed by atoms with Crippen molar-refractivity contribution in [3.05, 3.63) is 70.4 Å². The number of benzene rings is 2. The molecular formula is C21H20ClN3O2. The highest BCUT2D eigenvalue weighted by atomic mass is 35.5. The Balaban J connectivity index is 1.99. The van der Waals surface area contributed by atoms with Crippen LogP contribution in [0.2, 0.25) is 5.02 Å². The van der Waals surface area contributed by atoms with Crippen LogP contribution < -0.4 is 5.32 Å². The third kappa shape index (κ3) is 2.98. The number of aromatic nitrogens is 2. The van der Waals surface area contributed by atoms with E-state index >= 15 is 0 Å². The molecule has 0 saturated carbocycles. The summed E-state index contributed by atoms with van der Waals surface area (Å²) in [6.45, 7) is 5.54. The summed E-state index contributed by atoms with van der Waals surface area (Å²) < 4.78 is 7.56. The lowest BCUT2D eigenvalue weighted by atomic mass is 9.95. The number of nitrogens with zero attached hydrogens (tertiary/aromatic N) is 2. The highest BCUT2D eigenvalue weighted by molar-refractivity contribution is 6.31. The van der Waals surface area contributed by atoms with Crippen molar-refractivity contribution >= 4 is 34.6 Å². The average molecular weight is 382 g/mol. The van der Waals surface area contributed by atoms with E-state index in [9.17, 15) is 4.79 Å². The first-order valence-electron chi connectivity index (χ1n) is 8.87. The van der Waals surface area contributed by atoms with Crippen LogP contribution in [0.25, 0.3) is 11.0 Å². The highest BCUT2D eigenvalue weighted by Gasteiger charge is 2.36. The predicted molar refractivity (Wildman–Crippen MR) is 107 cm³/mol. The number of hydrogen-bond acceptors (Lipinski definition) is 4. The monoisotopic (exact) mass is 381 g/mol. The maximum Gasteiger partial charge on any atom is 0.338 e. The molecule has 2 aromatic carbocycles. The molecule has 0 aliphatic carbocycles. The Kier molecular flexibility index (Phi) is 4.40. The van der Waals surface area contributed by atoms with Crippen LogP contribution in [0.4, 0.5) is 5.95 Å². The van der Waals surface area contributed by atoms with E-state index in [2.05, 4.69) is 10.3 Å². The first kappa shape index (κ1) is 17.6. The lowest BCUT2D eigenvalue weighted by molar-refractivity contribution is -0.143. The Morgan fingerprint density at radius 1 is 1.19 bits per heavy atom. The minimum atomic E-state index is -0.423. The third-order valence-corrected chi connectivity index (χ3v) is 4.94. The molecule has 27 heavy (non-hydrogen) atoms. The smallest absolute Gasteiger partial charge is 0.338 e. The van der Waals surface area contributed by atoms with Gasteiger partial charge in [-0.3, -0.25) is 4.57 Å². The molecule has 5 nitrogen and oxygen atoms in total. The van der Waals surface area contributed by atoms with Crippen molar-refractivity contribution in [1.82, 2.24) is 9.55 Å². The summed E-state index contributed by atoms with van der Waals surface area (Å²) in [5, 5.41) is 3.85. The number of esters is 1. The zero-order valence-electron chi connectivity index (χ0n) is 15.4. The second-order valence-corrected chi connectivity index (χ2v) is 7.24. The van der Waals surface area contributed by atoms with E-state index in [0.29, 0.717) is 22.2 Å². The number of fused-ring (bicyclic) bond motifs is 3. The topological polar surface area (TPSA) is 56.2 Å². The standard InChI is InChI=1S/C21H20ClN3O2/c1-12(2)27-20(26)18-13(3)23-21-24-16-10-6-7-11-17(16)25(21)19(18)14-8-4-5-9-15(14)22/h4-12,19H,1-3H3,(H,23,24)/t19-/m1/s1. The minimum absolute atomic E-state index is 0.217. The van der Waals surface area contributed by atoms with Crippen LogP contribution in [0.1, 0.15) is 32.4 Å². The number of halogens is 1. The molecule has 4 rings (SSSR count). The molecule has 1 aliphatic rings. The van der Waals surface area contributed by atoms with Gasteiger partial charge in [0.25, 0.3) is 0 Å². The van der Waals surface area contributed by atoms with Crippen molar-refractivity contribution in [2.45, 2.75) is 32.9 Å². The van der Waals surface area contributed by atoms with Gasteiger partial charge in [0.15, 0.2) is 0 Å². The molecule has 0 amide bonds. The first-order chi connectivity index (χ1) is 13.0. The molecule has 0 bridgehead atoms. The summed E-state index contributed by atoms with van der Waals surface area (Å²) in [6.07, 6.45) is -0.217. The van der Waals surface area contributed by atoms with E-state index in [1.807, 2.05) is 73.9 Å². The number of hydrogen-bond donors (Lipinski definition) is 1. The molecule has 2 heterocycles.